The van der Waals surface area contributed by atoms with Crippen molar-refractivity contribution in [2.45, 2.75) is 18.9 Å². The maximum atomic E-state index is 6.34. The summed E-state index contributed by atoms with van der Waals surface area (Å²) in [5.74, 6) is 0.949. The summed E-state index contributed by atoms with van der Waals surface area (Å²) in [6, 6.07) is 11.5. The van der Waals surface area contributed by atoms with E-state index in [-0.39, 0.29) is 6.04 Å². The summed E-state index contributed by atoms with van der Waals surface area (Å²) in [5, 5.41) is 1.29. The van der Waals surface area contributed by atoms with Crippen molar-refractivity contribution < 1.29 is 4.74 Å². The monoisotopic (exact) mass is 307 g/mol. The Hall–Kier alpha value is -1.22. The van der Waals surface area contributed by atoms with Gasteiger partial charge in [-0.2, -0.15) is 0 Å². The summed E-state index contributed by atoms with van der Waals surface area (Å²) in [7, 11) is 0. The Morgan fingerprint density at radius 3 is 2.85 bits per heavy atom. The first-order valence-corrected chi connectivity index (χ1v) is 7.35. The minimum atomic E-state index is -0.137. The van der Waals surface area contributed by atoms with Crippen LogP contribution in [-0.2, 0) is 12.8 Å². The van der Waals surface area contributed by atoms with E-state index < -0.39 is 0 Å². The lowest BCUT2D eigenvalue weighted by atomic mass is 9.97. The Labute approximate surface area is 128 Å². The molecule has 0 spiro atoms. The third-order valence-electron chi connectivity index (χ3n) is 3.60. The van der Waals surface area contributed by atoms with Gasteiger partial charge in [0.05, 0.1) is 6.61 Å². The molecule has 2 aromatic rings. The van der Waals surface area contributed by atoms with E-state index in [0.717, 1.165) is 29.9 Å². The molecule has 104 valence electrons. The molecule has 0 aliphatic carbocycles. The van der Waals surface area contributed by atoms with Gasteiger partial charge in [0.25, 0.3) is 0 Å². The minimum absolute atomic E-state index is 0.137. The molecule has 0 fully saturated rings. The smallest absolute Gasteiger partial charge is 0.127 e. The van der Waals surface area contributed by atoms with Crippen LogP contribution in [-0.4, -0.2) is 6.61 Å². The zero-order chi connectivity index (χ0) is 14.1. The molecular formula is C16H15Cl2NO. The van der Waals surface area contributed by atoms with E-state index >= 15 is 0 Å². The zero-order valence-electron chi connectivity index (χ0n) is 10.9. The normalized spacial score (nSPS) is 14.8. The van der Waals surface area contributed by atoms with Crippen LogP contribution in [0, 0.1) is 0 Å². The van der Waals surface area contributed by atoms with Crippen LogP contribution < -0.4 is 10.5 Å². The Bertz CT molecular complexity index is 642. The van der Waals surface area contributed by atoms with Gasteiger partial charge in [-0.25, -0.2) is 0 Å². The summed E-state index contributed by atoms with van der Waals surface area (Å²) >= 11 is 12.1. The molecule has 2 N–H and O–H groups in total. The van der Waals surface area contributed by atoms with E-state index in [1.165, 1.54) is 5.56 Å². The second kappa shape index (κ2) is 5.65. The number of rotatable bonds is 3. The van der Waals surface area contributed by atoms with Crippen LogP contribution in [0.1, 0.15) is 22.7 Å². The van der Waals surface area contributed by atoms with Crippen LogP contribution in [0.2, 0.25) is 10.0 Å². The second-order valence-corrected chi connectivity index (χ2v) is 5.82. The number of para-hydroxylation sites is 1. The molecule has 0 saturated carbocycles. The van der Waals surface area contributed by atoms with Gasteiger partial charge in [-0.05, 0) is 29.7 Å². The fourth-order valence-corrected chi connectivity index (χ4v) is 3.05. The fourth-order valence-electron chi connectivity index (χ4n) is 2.57. The third kappa shape index (κ3) is 2.64. The molecule has 0 saturated heterocycles. The van der Waals surface area contributed by atoms with Gasteiger partial charge in [0.1, 0.15) is 5.75 Å². The molecule has 0 aromatic heterocycles. The molecule has 2 aromatic carbocycles. The topological polar surface area (TPSA) is 35.2 Å². The zero-order valence-corrected chi connectivity index (χ0v) is 12.4. The minimum Gasteiger partial charge on any atom is -0.493 e. The van der Waals surface area contributed by atoms with Gasteiger partial charge >= 0.3 is 0 Å². The number of hydrogen-bond acceptors (Lipinski definition) is 2. The van der Waals surface area contributed by atoms with Gasteiger partial charge in [-0.3, -0.25) is 0 Å². The van der Waals surface area contributed by atoms with Crippen molar-refractivity contribution in [2.24, 2.45) is 5.73 Å². The van der Waals surface area contributed by atoms with E-state index in [0.29, 0.717) is 16.5 Å². The lowest BCUT2D eigenvalue weighted by molar-refractivity contribution is 0.351. The molecule has 1 aliphatic heterocycles. The number of hydrogen-bond donors (Lipinski definition) is 1. The van der Waals surface area contributed by atoms with Crippen LogP contribution in [0.25, 0.3) is 0 Å². The molecule has 0 bridgehead atoms. The van der Waals surface area contributed by atoms with Crippen molar-refractivity contribution in [1.82, 2.24) is 0 Å². The fraction of sp³-hybridized carbons (Fsp3) is 0.250. The summed E-state index contributed by atoms with van der Waals surface area (Å²) in [6.45, 7) is 0.737. The SMILES string of the molecule is NC(Cc1ccc(Cl)cc1Cl)c1cccc2c1OCC2. The van der Waals surface area contributed by atoms with Crippen molar-refractivity contribution in [2.75, 3.05) is 6.61 Å². The molecule has 1 heterocycles. The van der Waals surface area contributed by atoms with Gasteiger partial charge in [0, 0.05) is 28.1 Å². The van der Waals surface area contributed by atoms with Gasteiger partial charge in [-0.1, -0.05) is 47.5 Å². The predicted octanol–water partition coefficient (Wildman–Crippen LogP) is 4.17. The molecule has 0 amide bonds. The largest absolute Gasteiger partial charge is 0.493 e. The third-order valence-corrected chi connectivity index (χ3v) is 4.19. The summed E-state index contributed by atoms with van der Waals surface area (Å²) < 4.78 is 5.70. The Balaban J connectivity index is 1.86. The number of nitrogens with two attached hydrogens (primary N) is 1. The molecule has 3 rings (SSSR count). The maximum Gasteiger partial charge on any atom is 0.127 e. The first-order chi connectivity index (χ1) is 9.65. The lowest BCUT2D eigenvalue weighted by Gasteiger charge is -2.16. The molecule has 1 aliphatic rings. The Morgan fingerprint density at radius 1 is 1.20 bits per heavy atom. The van der Waals surface area contributed by atoms with E-state index in [4.69, 9.17) is 33.7 Å². The van der Waals surface area contributed by atoms with Gasteiger partial charge in [-0.15, -0.1) is 0 Å². The van der Waals surface area contributed by atoms with Crippen molar-refractivity contribution in [3.63, 3.8) is 0 Å². The highest BCUT2D eigenvalue weighted by molar-refractivity contribution is 6.35. The highest BCUT2D eigenvalue weighted by atomic mass is 35.5. The number of benzene rings is 2. The molecule has 1 atom stereocenters. The van der Waals surface area contributed by atoms with E-state index in [2.05, 4.69) is 6.07 Å². The standard InChI is InChI=1S/C16H15Cl2NO/c17-12-5-4-11(14(18)9-12)8-15(19)13-3-1-2-10-6-7-20-16(10)13/h1-5,9,15H,6-8,19H2. The summed E-state index contributed by atoms with van der Waals surface area (Å²) in [5.41, 5.74) is 9.62. The first-order valence-electron chi connectivity index (χ1n) is 6.59. The van der Waals surface area contributed by atoms with Crippen LogP contribution in [0.15, 0.2) is 36.4 Å². The van der Waals surface area contributed by atoms with Crippen molar-refractivity contribution >= 4 is 23.2 Å². The highest BCUT2D eigenvalue weighted by Crippen LogP contribution is 2.34. The second-order valence-electron chi connectivity index (χ2n) is 4.98. The number of ether oxygens (including phenoxy) is 1. The van der Waals surface area contributed by atoms with Gasteiger partial charge < -0.3 is 10.5 Å². The molecule has 0 radical (unpaired) electrons. The maximum absolute atomic E-state index is 6.34. The van der Waals surface area contributed by atoms with Crippen molar-refractivity contribution in [1.29, 1.82) is 0 Å². The van der Waals surface area contributed by atoms with Crippen LogP contribution in [0.3, 0.4) is 0 Å². The average Bonchev–Trinajstić information content (AvgIpc) is 2.90. The predicted molar refractivity (Wildman–Crippen MR) is 82.7 cm³/mol. The van der Waals surface area contributed by atoms with E-state index in [9.17, 15) is 0 Å². The number of halogens is 2. The van der Waals surface area contributed by atoms with Crippen molar-refractivity contribution in [3.05, 3.63) is 63.1 Å². The van der Waals surface area contributed by atoms with Gasteiger partial charge in [0.2, 0.25) is 0 Å². The van der Waals surface area contributed by atoms with Crippen LogP contribution in [0.4, 0.5) is 0 Å². The van der Waals surface area contributed by atoms with E-state index in [1.807, 2.05) is 24.3 Å². The van der Waals surface area contributed by atoms with Gasteiger partial charge in [0.15, 0.2) is 0 Å². The lowest BCUT2D eigenvalue weighted by Crippen LogP contribution is -2.14. The summed E-state index contributed by atoms with van der Waals surface area (Å²) in [6.07, 6.45) is 1.62. The highest BCUT2D eigenvalue weighted by Gasteiger charge is 2.20. The molecule has 4 heteroatoms. The Morgan fingerprint density at radius 2 is 2.05 bits per heavy atom. The van der Waals surface area contributed by atoms with Crippen molar-refractivity contribution in [3.8, 4) is 5.75 Å². The molecule has 2 nitrogen and oxygen atoms in total. The molecule has 1 unspecified atom stereocenters. The summed E-state index contributed by atoms with van der Waals surface area (Å²) in [4.78, 5) is 0. The quantitative estimate of drug-likeness (QED) is 0.923. The first kappa shape index (κ1) is 13.7. The Kier molecular flexibility index (Phi) is 3.88. The molecule has 20 heavy (non-hydrogen) atoms. The van der Waals surface area contributed by atoms with E-state index in [1.54, 1.807) is 6.07 Å². The average molecular weight is 308 g/mol. The van der Waals surface area contributed by atoms with Crippen LogP contribution in [0.5, 0.6) is 5.75 Å². The van der Waals surface area contributed by atoms with Crippen LogP contribution >= 0.6 is 23.2 Å². The number of fused-ring (bicyclic) bond motifs is 1. The molecular weight excluding hydrogens is 293 g/mol.